The third kappa shape index (κ3) is 3.08. The van der Waals surface area contributed by atoms with E-state index in [1.807, 2.05) is 42.7 Å². The standard InChI is InChI=1S/C18H15N2O4/c1-24-18-7-6-14(10-16(18)20(22)23)17(21)12-19-9-8-13-4-2-3-5-15(13)11-19/h2-11H,12H2,1H3/q+1. The van der Waals surface area contributed by atoms with E-state index in [0.717, 1.165) is 10.8 Å². The van der Waals surface area contributed by atoms with Gasteiger partial charge in [0.05, 0.1) is 12.0 Å². The van der Waals surface area contributed by atoms with Gasteiger partial charge in [-0.1, -0.05) is 18.2 Å². The average Bonchev–Trinajstić information content (AvgIpc) is 2.61. The first-order chi connectivity index (χ1) is 11.6. The van der Waals surface area contributed by atoms with E-state index in [2.05, 4.69) is 0 Å². The summed E-state index contributed by atoms with van der Waals surface area (Å²) in [5.74, 6) is -0.0732. The minimum absolute atomic E-state index is 0.105. The molecule has 6 heteroatoms. The van der Waals surface area contributed by atoms with Crippen molar-refractivity contribution in [3.8, 4) is 5.75 Å². The molecule has 0 bridgehead atoms. The SMILES string of the molecule is COc1ccc(C(=O)C[n+]2ccc3ccccc3c2)cc1[N+](=O)[O-]. The van der Waals surface area contributed by atoms with Crippen LogP contribution in [0.5, 0.6) is 5.75 Å². The van der Waals surface area contributed by atoms with Crippen molar-refractivity contribution in [2.24, 2.45) is 0 Å². The van der Waals surface area contributed by atoms with Gasteiger partial charge in [-0.2, -0.15) is 4.57 Å². The highest BCUT2D eigenvalue weighted by atomic mass is 16.6. The number of carbonyl (C=O) groups is 1. The highest BCUT2D eigenvalue weighted by Crippen LogP contribution is 2.27. The Balaban J connectivity index is 1.88. The van der Waals surface area contributed by atoms with E-state index in [1.54, 1.807) is 4.57 Å². The van der Waals surface area contributed by atoms with Gasteiger partial charge in [-0.25, -0.2) is 0 Å². The second-order valence-corrected chi connectivity index (χ2v) is 5.31. The van der Waals surface area contributed by atoms with E-state index in [-0.39, 0.29) is 29.3 Å². The molecule has 0 spiro atoms. The fraction of sp³-hybridized carbons (Fsp3) is 0.111. The Hall–Kier alpha value is -3.28. The summed E-state index contributed by atoms with van der Waals surface area (Å²) < 4.78 is 6.71. The summed E-state index contributed by atoms with van der Waals surface area (Å²) in [6.45, 7) is 0.105. The fourth-order valence-corrected chi connectivity index (χ4v) is 2.54. The zero-order valence-corrected chi connectivity index (χ0v) is 13.0. The summed E-state index contributed by atoms with van der Waals surface area (Å²) in [4.78, 5) is 23.0. The summed E-state index contributed by atoms with van der Waals surface area (Å²) in [6, 6.07) is 14.0. The van der Waals surface area contributed by atoms with Gasteiger partial charge < -0.3 is 4.74 Å². The van der Waals surface area contributed by atoms with Crippen molar-refractivity contribution in [1.29, 1.82) is 0 Å². The molecule has 0 aliphatic carbocycles. The number of methoxy groups -OCH3 is 1. The number of nitro benzene ring substituents is 1. The van der Waals surface area contributed by atoms with E-state index in [9.17, 15) is 14.9 Å². The molecule has 0 atom stereocenters. The maximum atomic E-state index is 12.4. The van der Waals surface area contributed by atoms with Crippen molar-refractivity contribution in [2.45, 2.75) is 6.54 Å². The third-order valence-corrected chi connectivity index (χ3v) is 3.77. The normalized spacial score (nSPS) is 10.5. The Kier molecular flexibility index (Phi) is 4.20. The molecule has 1 heterocycles. The van der Waals surface area contributed by atoms with Crippen LogP contribution in [0.1, 0.15) is 10.4 Å². The molecule has 0 saturated carbocycles. The quantitative estimate of drug-likeness (QED) is 0.313. The van der Waals surface area contributed by atoms with Gasteiger partial charge in [0.1, 0.15) is 0 Å². The lowest BCUT2D eigenvalue weighted by atomic mass is 10.1. The number of nitrogens with zero attached hydrogens (tertiary/aromatic N) is 2. The molecule has 0 aliphatic rings. The van der Waals surface area contributed by atoms with Crippen molar-refractivity contribution in [1.82, 2.24) is 0 Å². The van der Waals surface area contributed by atoms with E-state index < -0.39 is 4.92 Å². The Bertz CT molecular complexity index is 937. The van der Waals surface area contributed by atoms with Crippen LogP contribution in [0, 0.1) is 10.1 Å². The van der Waals surface area contributed by atoms with Crippen molar-refractivity contribution in [2.75, 3.05) is 7.11 Å². The Labute approximate surface area is 138 Å². The molecule has 1 aromatic heterocycles. The molecule has 6 nitrogen and oxygen atoms in total. The maximum absolute atomic E-state index is 12.4. The first kappa shape index (κ1) is 15.6. The molecule has 0 radical (unpaired) electrons. The molecule has 0 unspecified atom stereocenters. The topological polar surface area (TPSA) is 73.3 Å². The van der Waals surface area contributed by atoms with Crippen LogP contribution in [0.4, 0.5) is 5.69 Å². The summed E-state index contributed by atoms with van der Waals surface area (Å²) in [5.41, 5.74) is 0.0648. The molecule has 2 aromatic carbocycles. The first-order valence-corrected chi connectivity index (χ1v) is 7.32. The zero-order valence-electron chi connectivity index (χ0n) is 13.0. The zero-order chi connectivity index (χ0) is 17.1. The Morgan fingerprint density at radius 1 is 1.17 bits per heavy atom. The molecule has 3 aromatic rings. The number of fused-ring (bicyclic) bond motifs is 1. The highest BCUT2D eigenvalue weighted by molar-refractivity contribution is 5.96. The summed E-state index contributed by atoms with van der Waals surface area (Å²) in [5, 5.41) is 13.2. The second kappa shape index (κ2) is 6.45. The third-order valence-electron chi connectivity index (χ3n) is 3.77. The average molecular weight is 323 g/mol. The van der Waals surface area contributed by atoms with Crippen molar-refractivity contribution < 1.29 is 19.0 Å². The van der Waals surface area contributed by atoms with Gasteiger partial charge in [0, 0.05) is 23.1 Å². The number of ether oxygens (including phenoxy) is 1. The lowest BCUT2D eigenvalue weighted by molar-refractivity contribution is -0.681. The maximum Gasteiger partial charge on any atom is 0.311 e. The highest BCUT2D eigenvalue weighted by Gasteiger charge is 2.20. The van der Waals surface area contributed by atoms with Crippen LogP contribution in [-0.2, 0) is 6.54 Å². The number of rotatable bonds is 5. The largest absolute Gasteiger partial charge is 0.490 e. The lowest BCUT2D eigenvalue weighted by Gasteiger charge is -2.04. The number of Topliss-reactive ketones (excluding diaryl/α,β-unsaturated/α-hetero) is 1. The van der Waals surface area contributed by atoms with Crippen LogP contribution in [0.15, 0.2) is 60.9 Å². The molecule has 24 heavy (non-hydrogen) atoms. The van der Waals surface area contributed by atoms with Gasteiger partial charge in [0.25, 0.3) is 0 Å². The van der Waals surface area contributed by atoms with E-state index in [0.29, 0.717) is 0 Å². The van der Waals surface area contributed by atoms with Crippen molar-refractivity contribution >= 4 is 22.2 Å². The summed E-state index contributed by atoms with van der Waals surface area (Å²) in [7, 11) is 1.36. The Morgan fingerprint density at radius 3 is 2.62 bits per heavy atom. The summed E-state index contributed by atoms with van der Waals surface area (Å²) >= 11 is 0. The van der Waals surface area contributed by atoms with Crippen LogP contribution in [0.2, 0.25) is 0 Å². The van der Waals surface area contributed by atoms with Crippen molar-refractivity contribution in [3.05, 3.63) is 76.6 Å². The predicted molar refractivity (Wildman–Crippen MR) is 88.1 cm³/mol. The van der Waals surface area contributed by atoms with Crippen LogP contribution < -0.4 is 9.30 Å². The molecule has 0 fully saturated rings. The van der Waals surface area contributed by atoms with Gasteiger partial charge >= 0.3 is 5.69 Å². The van der Waals surface area contributed by atoms with Gasteiger partial charge in [-0.15, -0.1) is 0 Å². The van der Waals surface area contributed by atoms with Crippen molar-refractivity contribution in [3.63, 3.8) is 0 Å². The molecule has 120 valence electrons. The van der Waals surface area contributed by atoms with E-state index in [1.165, 1.54) is 25.3 Å². The number of aromatic nitrogens is 1. The van der Waals surface area contributed by atoms with Crippen LogP contribution in [0.25, 0.3) is 10.8 Å². The minimum atomic E-state index is -0.557. The first-order valence-electron chi connectivity index (χ1n) is 7.32. The summed E-state index contributed by atoms with van der Waals surface area (Å²) in [6.07, 6.45) is 3.70. The van der Waals surface area contributed by atoms with Gasteiger partial charge in [0.2, 0.25) is 12.3 Å². The molecule has 3 rings (SSSR count). The molecular weight excluding hydrogens is 308 g/mol. The molecule has 0 amide bonds. The number of benzene rings is 2. The lowest BCUT2D eigenvalue weighted by Crippen LogP contribution is -2.37. The van der Waals surface area contributed by atoms with Crippen LogP contribution in [0.3, 0.4) is 0 Å². The van der Waals surface area contributed by atoms with Gasteiger partial charge in [-0.05, 0) is 23.6 Å². The molecule has 0 N–H and O–H groups in total. The van der Waals surface area contributed by atoms with E-state index >= 15 is 0 Å². The van der Waals surface area contributed by atoms with Gasteiger partial charge in [0.15, 0.2) is 18.1 Å². The number of ketones is 1. The van der Waals surface area contributed by atoms with E-state index in [4.69, 9.17) is 4.74 Å². The number of pyridine rings is 1. The number of nitro groups is 1. The Morgan fingerprint density at radius 2 is 1.92 bits per heavy atom. The van der Waals surface area contributed by atoms with Crippen LogP contribution in [-0.4, -0.2) is 17.8 Å². The predicted octanol–water partition coefficient (Wildman–Crippen LogP) is 2.93. The molecular formula is C18H15N2O4+. The van der Waals surface area contributed by atoms with Crippen LogP contribution >= 0.6 is 0 Å². The molecule has 0 aliphatic heterocycles. The smallest absolute Gasteiger partial charge is 0.311 e. The number of carbonyl (C=O) groups excluding carboxylic acids is 1. The molecule has 0 saturated heterocycles. The van der Waals surface area contributed by atoms with Gasteiger partial charge in [-0.3, -0.25) is 14.9 Å². The number of hydrogen-bond donors (Lipinski definition) is 0. The fourth-order valence-electron chi connectivity index (χ4n) is 2.54. The number of hydrogen-bond acceptors (Lipinski definition) is 4. The second-order valence-electron chi connectivity index (χ2n) is 5.31. The minimum Gasteiger partial charge on any atom is -0.490 e. The monoisotopic (exact) mass is 323 g/mol.